The highest BCUT2D eigenvalue weighted by molar-refractivity contribution is 5.81. The number of carbonyl (C=O) groups excluding carboxylic acids is 1. The maximum Gasteiger partial charge on any atom is 0.225 e. The van der Waals surface area contributed by atoms with E-state index in [4.69, 9.17) is 0 Å². The van der Waals surface area contributed by atoms with Crippen molar-refractivity contribution in [3.63, 3.8) is 0 Å². The number of nitrogens with one attached hydrogen (secondary N) is 1. The third-order valence-electron chi connectivity index (χ3n) is 4.30. The van der Waals surface area contributed by atoms with Gasteiger partial charge in [-0.05, 0) is 31.9 Å². The predicted octanol–water partition coefficient (Wildman–Crippen LogP) is 3.37. The second-order valence-electron chi connectivity index (χ2n) is 7.14. The lowest BCUT2D eigenvalue weighted by atomic mass is 9.94. The Kier molecular flexibility index (Phi) is 5.04. The molecule has 1 heterocycles. The minimum Gasteiger partial charge on any atom is -0.352 e. The zero-order valence-corrected chi connectivity index (χ0v) is 13.7. The molecular weight excluding hydrogens is 260 g/mol. The summed E-state index contributed by atoms with van der Waals surface area (Å²) in [6, 6.07) is 11.3. The van der Waals surface area contributed by atoms with E-state index in [0.717, 1.165) is 25.9 Å². The predicted molar refractivity (Wildman–Crippen MR) is 87.0 cm³/mol. The van der Waals surface area contributed by atoms with Gasteiger partial charge < -0.3 is 5.32 Å². The van der Waals surface area contributed by atoms with Crippen molar-refractivity contribution in [2.45, 2.75) is 52.6 Å². The first-order valence-electron chi connectivity index (χ1n) is 7.98. The van der Waals surface area contributed by atoms with Crippen LogP contribution in [0.2, 0.25) is 0 Å². The Bertz CT molecular complexity index is 464. The number of nitrogens with zero attached hydrogens (tertiary/aromatic N) is 1. The van der Waals surface area contributed by atoms with Gasteiger partial charge in [0.05, 0.1) is 0 Å². The molecule has 0 aliphatic carbocycles. The van der Waals surface area contributed by atoms with Gasteiger partial charge in [0, 0.05) is 24.0 Å². The van der Waals surface area contributed by atoms with Crippen molar-refractivity contribution in [1.29, 1.82) is 0 Å². The van der Waals surface area contributed by atoms with Gasteiger partial charge in [-0.2, -0.15) is 0 Å². The Labute approximate surface area is 128 Å². The molecule has 2 rings (SSSR count). The Morgan fingerprint density at radius 2 is 1.95 bits per heavy atom. The molecule has 1 aliphatic rings. The van der Waals surface area contributed by atoms with Crippen molar-refractivity contribution in [3.05, 3.63) is 35.9 Å². The van der Waals surface area contributed by atoms with E-state index >= 15 is 0 Å². The average molecular weight is 288 g/mol. The van der Waals surface area contributed by atoms with E-state index in [1.165, 1.54) is 5.56 Å². The molecule has 21 heavy (non-hydrogen) atoms. The standard InChI is InChI=1S/C18H28N2O/c1-14(15-9-6-5-7-10-15)20-12-8-11-16(13-20)19-17(21)18(2,3)4/h5-7,9-10,14,16H,8,11-13H2,1-4H3,(H,19,21). The third kappa shape index (κ3) is 4.31. The van der Waals surface area contributed by atoms with Gasteiger partial charge >= 0.3 is 0 Å². The molecule has 1 saturated heterocycles. The van der Waals surface area contributed by atoms with Crippen LogP contribution in [0.1, 0.15) is 52.1 Å². The minimum absolute atomic E-state index is 0.154. The summed E-state index contributed by atoms with van der Waals surface area (Å²) in [4.78, 5) is 14.6. The quantitative estimate of drug-likeness (QED) is 0.925. The largest absolute Gasteiger partial charge is 0.352 e. The summed E-state index contributed by atoms with van der Waals surface area (Å²) in [6.45, 7) is 10.2. The molecule has 2 atom stereocenters. The molecule has 2 unspecified atom stereocenters. The van der Waals surface area contributed by atoms with Gasteiger partial charge in [-0.1, -0.05) is 51.1 Å². The number of amides is 1. The summed E-state index contributed by atoms with van der Waals surface area (Å²) in [5, 5.41) is 3.21. The van der Waals surface area contributed by atoms with Crippen molar-refractivity contribution in [2.24, 2.45) is 5.41 Å². The first kappa shape index (κ1) is 16.0. The molecule has 3 heteroatoms. The van der Waals surface area contributed by atoms with Crippen molar-refractivity contribution in [3.8, 4) is 0 Å². The van der Waals surface area contributed by atoms with E-state index < -0.39 is 0 Å². The zero-order chi connectivity index (χ0) is 15.5. The highest BCUT2D eigenvalue weighted by atomic mass is 16.2. The lowest BCUT2D eigenvalue weighted by Crippen LogP contribution is -2.50. The molecule has 1 N–H and O–H groups in total. The Morgan fingerprint density at radius 1 is 1.29 bits per heavy atom. The number of hydrogen-bond acceptors (Lipinski definition) is 2. The molecule has 1 fully saturated rings. The normalized spacial score (nSPS) is 21.8. The second kappa shape index (κ2) is 6.61. The van der Waals surface area contributed by atoms with Gasteiger partial charge in [-0.3, -0.25) is 9.69 Å². The molecule has 0 aromatic heterocycles. The van der Waals surface area contributed by atoms with Crippen LogP contribution < -0.4 is 5.32 Å². The van der Waals surface area contributed by atoms with Crippen LogP contribution in [-0.2, 0) is 4.79 Å². The summed E-state index contributed by atoms with van der Waals surface area (Å²) in [5.74, 6) is 0.154. The molecule has 1 amide bonds. The van der Waals surface area contributed by atoms with E-state index in [9.17, 15) is 4.79 Å². The first-order chi connectivity index (χ1) is 9.88. The van der Waals surface area contributed by atoms with E-state index in [-0.39, 0.29) is 17.4 Å². The molecule has 1 aliphatic heterocycles. The molecule has 0 saturated carbocycles. The third-order valence-corrected chi connectivity index (χ3v) is 4.30. The smallest absolute Gasteiger partial charge is 0.225 e. The van der Waals surface area contributed by atoms with E-state index in [1.54, 1.807) is 0 Å². The fraction of sp³-hybridized carbons (Fsp3) is 0.611. The molecule has 3 nitrogen and oxygen atoms in total. The van der Waals surface area contributed by atoms with Crippen molar-refractivity contribution in [1.82, 2.24) is 10.2 Å². The van der Waals surface area contributed by atoms with Crippen LogP contribution in [0, 0.1) is 5.41 Å². The maximum atomic E-state index is 12.1. The van der Waals surface area contributed by atoms with Crippen molar-refractivity contribution >= 4 is 5.91 Å². The van der Waals surface area contributed by atoms with Crippen LogP contribution in [0.5, 0.6) is 0 Å². The van der Waals surface area contributed by atoms with Gasteiger partial charge in [-0.25, -0.2) is 0 Å². The summed E-state index contributed by atoms with van der Waals surface area (Å²) >= 11 is 0. The molecule has 0 spiro atoms. The highest BCUT2D eigenvalue weighted by Crippen LogP contribution is 2.24. The van der Waals surface area contributed by atoms with Crippen LogP contribution in [0.25, 0.3) is 0 Å². The number of benzene rings is 1. The Hall–Kier alpha value is -1.35. The van der Waals surface area contributed by atoms with Crippen LogP contribution in [0.4, 0.5) is 0 Å². The van der Waals surface area contributed by atoms with E-state index in [0.29, 0.717) is 6.04 Å². The topological polar surface area (TPSA) is 32.3 Å². The number of piperidine rings is 1. The lowest BCUT2D eigenvalue weighted by Gasteiger charge is -2.38. The molecular formula is C18H28N2O. The maximum absolute atomic E-state index is 12.1. The number of carbonyl (C=O) groups is 1. The number of likely N-dealkylation sites (tertiary alicyclic amines) is 1. The van der Waals surface area contributed by atoms with Crippen LogP contribution in [0.3, 0.4) is 0 Å². The summed E-state index contributed by atoms with van der Waals surface area (Å²) in [5.41, 5.74) is 1.04. The average Bonchev–Trinajstić information content (AvgIpc) is 2.46. The monoisotopic (exact) mass is 288 g/mol. The molecule has 1 aromatic carbocycles. The van der Waals surface area contributed by atoms with Gasteiger partial charge in [0.15, 0.2) is 0 Å². The highest BCUT2D eigenvalue weighted by Gasteiger charge is 2.28. The lowest BCUT2D eigenvalue weighted by molar-refractivity contribution is -0.129. The molecule has 1 aromatic rings. The van der Waals surface area contributed by atoms with Crippen LogP contribution in [-0.4, -0.2) is 29.9 Å². The van der Waals surface area contributed by atoms with Gasteiger partial charge in [0.2, 0.25) is 5.91 Å². The van der Waals surface area contributed by atoms with Gasteiger partial charge in [-0.15, -0.1) is 0 Å². The van der Waals surface area contributed by atoms with Crippen LogP contribution in [0.15, 0.2) is 30.3 Å². The molecule has 116 valence electrons. The second-order valence-corrected chi connectivity index (χ2v) is 7.14. The zero-order valence-electron chi connectivity index (χ0n) is 13.7. The first-order valence-corrected chi connectivity index (χ1v) is 7.98. The van der Waals surface area contributed by atoms with Crippen molar-refractivity contribution < 1.29 is 4.79 Å². The molecule has 0 bridgehead atoms. The summed E-state index contributed by atoms with van der Waals surface area (Å²) in [6.07, 6.45) is 2.23. The van der Waals surface area contributed by atoms with E-state index in [1.807, 2.05) is 20.8 Å². The Balaban J connectivity index is 1.96. The molecule has 0 radical (unpaired) electrons. The van der Waals surface area contributed by atoms with Gasteiger partial charge in [0.25, 0.3) is 0 Å². The summed E-state index contributed by atoms with van der Waals surface area (Å²) < 4.78 is 0. The van der Waals surface area contributed by atoms with Gasteiger partial charge in [0.1, 0.15) is 0 Å². The van der Waals surface area contributed by atoms with Crippen LogP contribution >= 0.6 is 0 Å². The fourth-order valence-corrected chi connectivity index (χ4v) is 2.82. The Morgan fingerprint density at radius 3 is 2.57 bits per heavy atom. The number of rotatable bonds is 3. The SMILES string of the molecule is CC(c1ccccc1)N1CCCC(NC(=O)C(C)(C)C)C1. The number of hydrogen-bond donors (Lipinski definition) is 1. The van der Waals surface area contributed by atoms with E-state index in [2.05, 4.69) is 47.5 Å². The fourth-order valence-electron chi connectivity index (χ4n) is 2.82. The van der Waals surface area contributed by atoms with Crippen molar-refractivity contribution in [2.75, 3.05) is 13.1 Å². The summed E-state index contributed by atoms with van der Waals surface area (Å²) in [7, 11) is 0. The minimum atomic E-state index is -0.312.